The van der Waals surface area contributed by atoms with Crippen LogP contribution >= 0.6 is 0 Å². The number of benzene rings is 1. The van der Waals surface area contributed by atoms with Gasteiger partial charge in [0.25, 0.3) is 0 Å². The van der Waals surface area contributed by atoms with Crippen molar-refractivity contribution in [2.24, 2.45) is 5.92 Å². The van der Waals surface area contributed by atoms with Crippen molar-refractivity contribution >= 4 is 0 Å². The van der Waals surface area contributed by atoms with E-state index in [2.05, 4.69) is 47.5 Å². The maximum absolute atomic E-state index is 3.71. The minimum Gasteiger partial charge on any atom is -0.309 e. The molecular weight excluding hydrogens is 220 g/mol. The summed E-state index contributed by atoms with van der Waals surface area (Å²) in [7, 11) is 0. The van der Waals surface area contributed by atoms with Crippen LogP contribution in [0.2, 0.25) is 0 Å². The Hall–Kier alpha value is -0.860. The van der Waals surface area contributed by atoms with Crippen LogP contribution in [0.4, 0.5) is 0 Å². The molecule has 1 saturated carbocycles. The molecule has 0 spiro atoms. The molecule has 2 aliphatic rings. The van der Waals surface area contributed by atoms with Crippen LogP contribution < -0.4 is 5.32 Å². The lowest BCUT2D eigenvalue weighted by Crippen LogP contribution is -2.37. The van der Waals surface area contributed by atoms with E-state index in [1.165, 1.54) is 37.9 Å². The van der Waals surface area contributed by atoms with Gasteiger partial charge in [0.05, 0.1) is 0 Å². The van der Waals surface area contributed by atoms with Gasteiger partial charge in [-0.05, 0) is 44.2 Å². The molecule has 1 heterocycles. The Morgan fingerprint density at radius 3 is 2.67 bits per heavy atom. The second-order valence-corrected chi connectivity index (χ2v) is 5.95. The Morgan fingerprint density at radius 1 is 1.17 bits per heavy atom. The predicted molar refractivity (Wildman–Crippen MR) is 75.6 cm³/mol. The zero-order valence-electron chi connectivity index (χ0n) is 11.3. The molecule has 0 aromatic heterocycles. The molecule has 0 amide bonds. The summed E-state index contributed by atoms with van der Waals surface area (Å²) >= 11 is 0. The molecule has 2 atom stereocenters. The minimum absolute atomic E-state index is 0.509. The summed E-state index contributed by atoms with van der Waals surface area (Å²) in [6.07, 6.45) is 4.18. The maximum atomic E-state index is 3.71. The van der Waals surface area contributed by atoms with Gasteiger partial charge in [-0.15, -0.1) is 0 Å². The summed E-state index contributed by atoms with van der Waals surface area (Å²) in [6.45, 7) is 6.01. The Kier molecular flexibility index (Phi) is 3.67. The van der Waals surface area contributed by atoms with Gasteiger partial charge >= 0.3 is 0 Å². The topological polar surface area (TPSA) is 15.3 Å². The quantitative estimate of drug-likeness (QED) is 0.879. The van der Waals surface area contributed by atoms with E-state index in [1.807, 2.05) is 0 Å². The first kappa shape index (κ1) is 12.2. The van der Waals surface area contributed by atoms with Crippen LogP contribution in [0.1, 0.15) is 37.8 Å². The second-order valence-electron chi connectivity index (χ2n) is 5.95. The van der Waals surface area contributed by atoms with E-state index in [-0.39, 0.29) is 0 Å². The smallest absolute Gasteiger partial charge is 0.0449 e. The first-order valence-corrected chi connectivity index (χ1v) is 7.35. The predicted octanol–water partition coefficient (Wildman–Crippen LogP) is 2.82. The van der Waals surface area contributed by atoms with Gasteiger partial charge in [0.1, 0.15) is 0 Å². The average Bonchev–Trinajstić information content (AvgIpc) is 3.21. The van der Waals surface area contributed by atoms with Gasteiger partial charge in [-0.3, -0.25) is 4.90 Å². The molecule has 0 bridgehead atoms. The lowest BCUT2D eigenvalue weighted by Gasteiger charge is -2.29. The number of hydrogen-bond donors (Lipinski definition) is 1. The van der Waals surface area contributed by atoms with Crippen LogP contribution in [-0.2, 0) is 0 Å². The van der Waals surface area contributed by atoms with E-state index in [1.54, 1.807) is 0 Å². The first-order valence-electron chi connectivity index (χ1n) is 7.35. The van der Waals surface area contributed by atoms with Gasteiger partial charge in [0, 0.05) is 25.2 Å². The maximum Gasteiger partial charge on any atom is 0.0449 e. The zero-order chi connectivity index (χ0) is 12.4. The Balaban J connectivity index is 1.70. The highest BCUT2D eigenvalue weighted by atomic mass is 15.2. The van der Waals surface area contributed by atoms with Crippen molar-refractivity contribution in [3.63, 3.8) is 0 Å². The molecule has 1 aromatic carbocycles. The molecule has 0 radical (unpaired) electrons. The summed E-state index contributed by atoms with van der Waals surface area (Å²) < 4.78 is 0. The van der Waals surface area contributed by atoms with E-state index in [0.717, 1.165) is 18.5 Å². The van der Waals surface area contributed by atoms with Crippen molar-refractivity contribution in [3.05, 3.63) is 35.9 Å². The minimum atomic E-state index is 0.509. The summed E-state index contributed by atoms with van der Waals surface area (Å²) in [5.74, 6) is 0.988. The first-order chi connectivity index (χ1) is 8.83. The molecule has 2 unspecified atom stereocenters. The van der Waals surface area contributed by atoms with Crippen molar-refractivity contribution in [2.75, 3.05) is 19.6 Å². The Bertz CT molecular complexity index is 372. The van der Waals surface area contributed by atoms with Crippen molar-refractivity contribution in [1.82, 2.24) is 10.2 Å². The lowest BCUT2D eigenvalue weighted by molar-refractivity contribution is 0.196. The number of nitrogens with zero attached hydrogens (tertiary/aromatic N) is 1. The second kappa shape index (κ2) is 5.41. The van der Waals surface area contributed by atoms with E-state index in [9.17, 15) is 0 Å². The van der Waals surface area contributed by atoms with Gasteiger partial charge < -0.3 is 5.32 Å². The van der Waals surface area contributed by atoms with Crippen LogP contribution in [0.3, 0.4) is 0 Å². The fraction of sp³-hybridized carbons (Fsp3) is 0.625. The fourth-order valence-electron chi connectivity index (χ4n) is 2.92. The standard InChI is InChI=1S/C16H24N2/c1-13-9-10-17-16(15-5-3-2-4-6-15)12-18(13)11-14-7-8-14/h2-6,13-14,16-17H,7-12H2,1H3. The molecule has 1 saturated heterocycles. The van der Waals surface area contributed by atoms with Crippen LogP contribution in [0.5, 0.6) is 0 Å². The molecule has 3 rings (SSSR count). The number of nitrogens with one attached hydrogen (secondary N) is 1. The van der Waals surface area contributed by atoms with Crippen LogP contribution in [0, 0.1) is 5.92 Å². The van der Waals surface area contributed by atoms with E-state index in [4.69, 9.17) is 0 Å². The lowest BCUT2D eigenvalue weighted by atomic mass is 10.1. The molecule has 98 valence electrons. The molecule has 2 heteroatoms. The molecule has 1 aliphatic heterocycles. The zero-order valence-corrected chi connectivity index (χ0v) is 11.3. The Morgan fingerprint density at radius 2 is 1.94 bits per heavy atom. The van der Waals surface area contributed by atoms with E-state index < -0.39 is 0 Å². The van der Waals surface area contributed by atoms with Crippen molar-refractivity contribution in [3.8, 4) is 0 Å². The molecule has 1 aromatic rings. The fourth-order valence-corrected chi connectivity index (χ4v) is 2.92. The van der Waals surface area contributed by atoms with E-state index in [0.29, 0.717) is 6.04 Å². The van der Waals surface area contributed by atoms with Gasteiger partial charge in [0.2, 0.25) is 0 Å². The number of hydrogen-bond acceptors (Lipinski definition) is 2. The third kappa shape index (κ3) is 2.93. The van der Waals surface area contributed by atoms with Crippen molar-refractivity contribution < 1.29 is 0 Å². The molecule has 1 N–H and O–H groups in total. The largest absolute Gasteiger partial charge is 0.309 e. The van der Waals surface area contributed by atoms with E-state index >= 15 is 0 Å². The van der Waals surface area contributed by atoms with Crippen LogP contribution in [0.15, 0.2) is 30.3 Å². The van der Waals surface area contributed by atoms with Crippen LogP contribution in [-0.4, -0.2) is 30.6 Å². The highest BCUT2D eigenvalue weighted by molar-refractivity contribution is 5.19. The average molecular weight is 244 g/mol. The van der Waals surface area contributed by atoms with Crippen LogP contribution in [0.25, 0.3) is 0 Å². The summed E-state index contributed by atoms with van der Waals surface area (Å²) in [5, 5.41) is 3.71. The van der Waals surface area contributed by atoms with Crippen molar-refractivity contribution in [1.29, 1.82) is 0 Å². The molecule has 18 heavy (non-hydrogen) atoms. The molecule has 2 nitrogen and oxygen atoms in total. The highest BCUT2D eigenvalue weighted by Gasteiger charge is 2.29. The number of rotatable bonds is 3. The third-order valence-corrected chi connectivity index (χ3v) is 4.38. The third-order valence-electron chi connectivity index (χ3n) is 4.38. The molecular formula is C16H24N2. The van der Waals surface area contributed by atoms with Gasteiger partial charge in [-0.1, -0.05) is 30.3 Å². The molecule has 1 aliphatic carbocycles. The molecule has 2 fully saturated rings. The summed E-state index contributed by atoms with van der Waals surface area (Å²) in [6, 6.07) is 12.1. The van der Waals surface area contributed by atoms with Gasteiger partial charge in [-0.2, -0.15) is 0 Å². The summed E-state index contributed by atoms with van der Waals surface area (Å²) in [5.41, 5.74) is 1.44. The van der Waals surface area contributed by atoms with Crippen molar-refractivity contribution in [2.45, 2.75) is 38.3 Å². The Labute approximate surface area is 110 Å². The summed E-state index contributed by atoms with van der Waals surface area (Å²) in [4.78, 5) is 2.70. The van der Waals surface area contributed by atoms with Gasteiger partial charge in [0.15, 0.2) is 0 Å². The monoisotopic (exact) mass is 244 g/mol. The normalized spacial score (nSPS) is 30.1. The van der Waals surface area contributed by atoms with Gasteiger partial charge in [-0.25, -0.2) is 0 Å². The highest BCUT2D eigenvalue weighted by Crippen LogP contribution is 2.31. The SMILES string of the molecule is CC1CCNC(c2ccccc2)CN1CC1CC1.